The van der Waals surface area contributed by atoms with Crippen molar-refractivity contribution in [3.8, 4) is 0 Å². The molecular formula is C8H16N2O2. The highest BCUT2D eigenvalue weighted by Gasteiger charge is 2.17. The third kappa shape index (κ3) is 2.79. The van der Waals surface area contributed by atoms with Gasteiger partial charge in [-0.25, -0.2) is 0 Å². The van der Waals surface area contributed by atoms with Crippen molar-refractivity contribution in [3.05, 3.63) is 0 Å². The predicted octanol–water partition coefficient (Wildman–Crippen LogP) is -0.514. The molecule has 0 bridgehead atoms. The standard InChI is InChI=1S/C8H16N2O2/c1-6(9)8(11)12-5-7-2-3-10-4-7/h6-7,10H,2-5,9H2,1H3. The van der Waals surface area contributed by atoms with Gasteiger partial charge >= 0.3 is 5.97 Å². The maximum absolute atomic E-state index is 10.9. The molecule has 2 unspecified atom stereocenters. The number of ether oxygens (including phenoxy) is 1. The average molecular weight is 172 g/mol. The summed E-state index contributed by atoms with van der Waals surface area (Å²) in [6.07, 6.45) is 1.09. The molecule has 0 radical (unpaired) electrons. The van der Waals surface area contributed by atoms with Gasteiger partial charge in [-0.3, -0.25) is 4.79 Å². The number of rotatable bonds is 3. The lowest BCUT2D eigenvalue weighted by Crippen LogP contribution is -2.30. The van der Waals surface area contributed by atoms with Crippen molar-refractivity contribution < 1.29 is 9.53 Å². The summed E-state index contributed by atoms with van der Waals surface area (Å²) in [4.78, 5) is 10.9. The predicted molar refractivity (Wildman–Crippen MR) is 45.6 cm³/mol. The fourth-order valence-corrected chi connectivity index (χ4v) is 1.19. The van der Waals surface area contributed by atoms with Crippen molar-refractivity contribution in [3.63, 3.8) is 0 Å². The summed E-state index contributed by atoms with van der Waals surface area (Å²) in [6, 6.07) is -0.501. The van der Waals surface area contributed by atoms with Crippen LogP contribution in [0.25, 0.3) is 0 Å². The molecule has 0 aromatic carbocycles. The molecule has 0 aromatic rings. The van der Waals surface area contributed by atoms with Crippen LogP contribution in [-0.4, -0.2) is 31.7 Å². The van der Waals surface area contributed by atoms with E-state index in [1.165, 1.54) is 0 Å². The molecule has 4 heteroatoms. The molecule has 1 aliphatic rings. The molecule has 0 aromatic heterocycles. The Hall–Kier alpha value is -0.610. The molecule has 70 valence electrons. The van der Waals surface area contributed by atoms with Gasteiger partial charge in [-0.15, -0.1) is 0 Å². The molecule has 1 rings (SSSR count). The fourth-order valence-electron chi connectivity index (χ4n) is 1.19. The minimum Gasteiger partial charge on any atom is -0.464 e. The summed E-state index contributed by atoms with van der Waals surface area (Å²) in [5.74, 6) is 0.176. The molecule has 0 spiro atoms. The molecule has 0 aliphatic carbocycles. The zero-order chi connectivity index (χ0) is 8.97. The Kier molecular flexibility index (Phi) is 3.49. The largest absolute Gasteiger partial charge is 0.464 e. The first-order chi connectivity index (χ1) is 5.70. The Balaban J connectivity index is 2.12. The van der Waals surface area contributed by atoms with E-state index < -0.39 is 6.04 Å². The first kappa shape index (κ1) is 9.48. The molecule has 0 saturated carbocycles. The second-order valence-corrected chi connectivity index (χ2v) is 3.28. The van der Waals surface area contributed by atoms with E-state index in [9.17, 15) is 4.79 Å². The summed E-state index contributed by atoms with van der Waals surface area (Å²) in [5, 5.41) is 3.20. The molecule has 1 aliphatic heterocycles. The topological polar surface area (TPSA) is 64.4 Å². The lowest BCUT2D eigenvalue weighted by atomic mass is 10.1. The highest BCUT2D eigenvalue weighted by Crippen LogP contribution is 2.07. The van der Waals surface area contributed by atoms with E-state index in [0.29, 0.717) is 12.5 Å². The van der Waals surface area contributed by atoms with Crippen LogP contribution in [0.2, 0.25) is 0 Å². The Morgan fingerprint density at radius 2 is 2.58 bits per heavy atom. The second kappa shape index (κ2) is 4.42. The smallest absolute Gasteiger partial charge is 0.322 e. The SMILES string of the molecule is CC(N)C(=O)OCC1CCNC1. The second-order valence-electron chi connectivity index (χ2n) is 3.28. The van der Waals surface area contributed by atoms with Crippen molar-refractivity contribution in [2.75, 3.05) is 19.7 Å². The quantitative estimate of drug-likeness (QED) is 0.563. The molecule has 1 fully saturated rings. The highest BCUT2D eigenvalue weighted by atomic mass is 16.5. The maximum Gasteiger partial charge on any atom is 0.322 e. The van der Waals surface area contributed by atoms with E-state index in [1.807, 2.05) is 0 Å². The molecule has 2 atom stereocenters. The number of carbonyl (C=O) groups excluding carboxylic acids is 1. The number of esters is 1. The van der Waals surface area contributed by atoms with Crippen LogP contribution >= 0.6 is 0 Å². The maximum atomic E-state index is 10.9. The summed E-state index contributed by atoms with van der Waals surface area (Å²) in [5.41, 5.74) is 5.33. The normalized spacial score (nSPS) is 25.3. The summed E-state index contributed by atoms with van der Waals surface area (Å²) in [6.45, 7) is 4.12. The fraction of sp³-hybridized carbons (Fsp3) is 0.875. The van der Waals surface area contributed by atoms with Gasteiger partial charge < -0.3 is 15.8 Å². The van der Waals surface area contributed by atoms with E-state index in [-0.39, 0.29) is 5.97 Å². The van der Waals surface area contributed by atoms with E-state index in [1.54, 1.807) is 6.92 Å². The minimum absolute atomic E-state index is 0.304. The van der Waals surface area contributed by atoms with Gasteiger partial charge in [-0.2, -0.15) is 0 Å². The van der Waals surface area contributed by atoms with Gasteiger partial charge in [0.15, 0.2) is 0 Å². The van der Waals surface area contributed by atoms with Gasteiger partial charge in [0.05, 0.1) is 6.61 Å². The van der Waals surface area contributed by atoms with Gasteiger partial charge in [0.25, 0.3) is 0 Å². The van der Waals surface area contributed by atoms with Crippen LogP contribution in [0.15, 0.2) is 0 Å². The van der Waals surface area contributed by atoms with E-state index in [4.69, 9.17) is 10.5 Å². The van der Waals surface area contributed by atoms with Gasteiger partial charge in [-0.05, 0) is 19.9 Å². The molecule has 4 nitrogen and oxygen atoms in total. The van der Waals surface area contributed by atoms with Crippen LogP contribution < -0.4 is 11.1 Å². The van der Waals surface area contributed by atoms with Crippen LogP contribution in [0.3, 0.4) is 0 Å². The number of hydrogen-bond donors (Lipinski definition) is 2. The molecule has 1 saturated heterocycles. The van der Waals surface area contributed by atoms with Crippen LogP contribution in [0.4, 0.5) is 0 Å². The monoisotopic (exact) mass is 172 g/mol. The Labute approximate surface area is 72.5 Å². The molecule has 0 amide bonds. The van der Waals surface area contributed by atoms with E-state index in [0.717, 1.165) is 19.5 Å². The number of nitrogens with two attached hydrogens (primary N) is 1. The Morgan fingerprint density at radius 3 is 3.08 bits per heavy atom. The third-order valence-electron chi connectivity index (χ3n) is 2.00. The van der Waals surface area contributed by atoms with Crippen molar-refractivity contribution in [2.45, 2.75) is 19.4 Å². The minimum atomic E-state index is -0.501. The van der Waals surface area contributed by atoms with Gasteiger partial charge in [0, 0.05) is 12.5 Å². The van der Waals surface area contributed by atoms with Crippen LogP contribution in [0.5, 0.6) is 0 Å². The van der Waals surface area contributed by atoms with Gasteiger partial charge in [-0.1, -0.05) is 0 Å². The van der Waals surface area contributed by atoms with Crippen molar-refractivity contribution in [1.29, 1.82) is 0 Å². The van der Waals surface area contributed by atoms with Crippen molar-refractivity contribution >= 4 is 5.97 Å². The lowest BCUT2D eigenvalue weighted by molar-refractivity contribution is -0.145. The lowest BCUT2D eigenvalue weighted by Gasteiger charge is -2.10. The summed E-state index contributed by atoms with van der Waals surface area (Å²) in [7, 11) is 0. The van der Waals surface area contributed by atoms with E-state index >= 15 is 0 Å². The van der Waals surface area contributed by atoms with Gasteiger partial charge in [0.2, 0.25) is 0 Å². The number of hydrogen-bond acceptors (Lipinski definition) is 4. The van der Waals surface area contributed by atoms with Gasteiger partial charge in [0.1, 0.15) is 6.04 Å². The van der Waals surface area contributed by atoms with Crippen LogP contribution in [0, 0.1) is 5.92 Å². The zero-order valence-corrected chi connectivity index (χ0v) is 7.38. The third-order valence-corrected chi connectivity index (χ3v) is 2.00. The number of carbonyl (C=O) groups is 1. The Bertz CT molecular complexity index is 153. The zero-order valence-electron chi connectivity index (χ0n) is 7.38. The highest BCUT2D eigenvalue weighted by molar-refractivity contribution is 5.74. The van der Waals surface area contributed by atoms with E-state index in [2.05, 4.69) is 5.32 Å². The first-order valence-corrected chi connectivity index (χ1v) is 4.33. The Morgan fingerprint density at radius 1 is 1.83 bits per heavy atom. The molecule has 3 N–H and O–H groups in total. The molecule has 1 heterocycles. The summed E-state index contributed by atoms with van der Waals surface area (Å²) < 4.78 is 4.98. The first-order valence-electron chi connectivity index (χ1n) is 4.33. The van der Waals surface area contributed by atoms with Crippen LogP contribution in [0.1, 0.15) is 13.3 Å². The van der Waals surface area contributed by atoms with Crippen LogP contribution in [-0.2, 0) is 9.53 Å². The summed E-state index contributed by atoms with van der Waals surface area (Å²) >= 11 is 0. The molecular weight excluding hydrogens is 156 g/mol. The number of nitrogens with one attached hydrogen (secondary N) is 1. The molecule has 12 heavy (non-hydrogen) atoms. The van der Waals surface area contributed by atoms with Crippen molar-refractivity contribution in [1.82, 2.24) is 5.32 Å². The van der Waals surface area contributed by atoms with Crippen molar-refractivity contribution in [2.24, 2.45) is 11.7 Å². The average Bonchev–Trinajstić information content (AvgIpc) is 2.51.